The molecule has 0 radical (unpaired) electrons. The summed E-state index contributed by atoms with van der Waals surface area (Å²) in [5.74, 6) is 1.39. The summed E-state index contributed by atoms with van der Waals surface area (Å²) in [6, 6.07) is 5.84. The summed E-state index contributed by atoms with van der Waals surface area (Å²) >= 11 is 0. The van der Waals surface area contributed by atoms with Crippen LogP contribution in [0.2, 0.25) is 0 Å². The Hall–Kier alpha value is -1.75. The Balaban J connectivity index is 1.90. The standard InChI is InChI=1S/C13H17N3O2/c1-14-10-2-3-12-11(4-10)16(13(17)8-18-12)7-9-5-15-6-9/h2-4,9,14-15H,5-8H2,1H3. The molecule has 1 saturated heterocycles. The smallest absolute Gasteiger partial charge is 0.265 e. The molecule has 0 bridgehead atoms. The van der Waals surface area contributed by atoms with Crippen molar-refractivity contribution >= 4 is 17.3 Å². The lowest BCUT2D eigenvalue weighted by Gasteiger charge is -2.36. The van der Waals surface area contributed by atoms with Gasteiger partial charge in [0, 0.05) is 38.3 Å². The molecule has 18 heavy (non-hydrogen) atoms. The number of nitrogens with one attached hydrogen (secondary N) is 2. The third-order valence-corrected chi connectivity index (χ3v) is 3.50. The highest BCUT2D eigenvalue weighted by Gasteiger charge is 2.29. The summed E-state index contributed by atoms with van der Waals surface area (Å²) < 4.78 is 5.46. The van der Waals surface area contributed by atoms with E-state index in [9.17, 15) is 4.79 Å². The molecule has 1 fully saturated rings. The van der Waals surface area contributed by atoms with Crippen molar-refractivity contribution in [1.82, 2.24) is 5.32 Å². The number of hydrogen-bond donors (Lipinski definition) is 2. The molecule has 2 aliphatic rings. The lowest BCUT2D eigenvalue weighted by atomic mass is 10.0. The molecule has 2 heterocycles. The van der Waals surface area contributed by atoms with E-state index in [1.165, 1.54) is 0 Å². The first-order valence-electron chi connectivity index (χ1n) is 6.23. The van der Waals surface area contributed by atoms with Crippen molar-refractivity contribution in [2.45, 2.75) is 0 Å². The Bertz CT molecular complexity index is 471. The molecule has 5 nitrogen and oxygen atoms in total. The maximum absolute atomic E-state index is 12.0. The molecule has 3 rings (SSSR count). The van der Waals surface area contributed by atoms with Gasteiger partial charge in [-0.25, -0.2) is 0 Å². The van der Waals surface area contributed by atoms with Gasteiger partial charge in [-0.05, 0) is 18.2 Å². The fraction of sp³-hybridized carbons (Fsp3) is 0.462. The molecule has 2 aliphatic heterocycles. The first-order valence-corrected chi connectivity index (χ1v) is 6.23. The molecule has 1 aromatic carbocycles. The molecule has 96 valence electrons. The average Bonchev–Trinajstić information content (AvgIpc) is 2.35. The van der Waals surface area contributed by atoms with Crippen LogP contribution in [0.4, 0.5) is 11.4 Å². The fourth-order valence-corrected chi connectivity index (χ4v) is 2.29. The first-order chi connectivity index (χ1) is 8.78. The van der Waals surface area contributed by atoms with Crippen molar-refractivity contribution in [2.75, 3.05) is 43.5 Å². The quantitative estimate of drug-likeness (QED) is 0.824. The van der Waals surface area contributed by atoms with Crippen LogP contribution in [0.5, 0.6) is 5.75 Å². The predicted octanol–water partition coefficient (Wildman–Crippen LogP) is 0.673. The normalized spacial score (nSPS) is 18.9. The summed E-state index contributed by atoms with van der Waals surface area (Å²) in [5, 5.41) is 6.32. The number of rotatable bonds is 3. The summed E-state index contributed by atoms with van der Waals surface area (Å²) in [6.07, 6.45) is 0. The SMILES string of the molecule is CNc1ccc2c(c1)N(CC1CNC1)C(=O)CO2. The minimum Gasteiger partial charge on any atom is -0.482 e. The Morgan fingerprint density at radius 2 is 2.33 bits per heavy atom. The van der Waals surface area contributed by atoms with Crippen LogP contribution in [0.25, 0.3) is 0 Å². The van der Waals surface area contributed by atoms with Crippen LogP contribution in [0.15, 0.2) is 18.2 Å². The molecule has 2 N–H and O–H groups in total. The van der Waals surface area contributed by atoms with E-state index in [2.05, 4.69) is 10.6 Å². The molecule has 1 aromatic rings. The van der Waals surface area contributed by atoms with Crippen LogP contribution >= 0.6 is 0 Å². The number of anilines is 2. The van der Waals surface area contributed by atoms with E-state index in [0.717, 1.165) is 36.8 Å². The third kappa shape index (κ3) is 1.90. The maximum Gasteiger partial charge on any atom is 0.265 e. The van der Waals surface area contributed by atoms with Crippen molar-refractivity contribution < 1.29 is 9.53 Å². The summed E-state index contributed by atoms with van der Waals surface area (Å²) in [7, 11) is 1.87. The number of benzene rings is 1. The molecule has 0 aliphatic carbocycles. The zero-order chi connectivity index (χ0) is 12.5. The predicted molar refractivity (Wildman–Crippen MR) is 70.2 cm³/mol. The van der Waals surface area contributed by atoms with Crippen LogP contribution in [-0.4, -0.2) is 39.2 Å². The van der Waals surface area contributed by atoms with E-state index in [1.807, 2.05) is 30.1 Å². The minimum absolute atomic E-state index is 0.0441. The Morgan fingerprint density at radius 1 is 1.50 bits per heavy atom. The molecule has 5 heteroatoms. The van der Waals surface area contributed by atoms with Crippen LogP contribution in [0.1, 0.15) is 0 Å². The fourth-order valence-electron chi connectivity index (χ4n) is 2.29. The monoisotopic (exact) mass is 247 g/mol. The van der Waals surface area contributed by atoms with Crippen molar-refractivity contribution in [3.05, 3.63) is 18.2 Å². The number of hydrogen-bond acceptors (Lipinski definition) is 4. The van der Waals surface area contributed by atoms with Gasteiger partial charge in [-0.1, -0.05) is 0 Å². The van der Waals surface area contributed by atoms with Crippen LogP contribution in [0, 0.1) is 5.92 Å². The highest BCUT2D eigenvalue weighted by atomic mass is 16.5. The van der Waals surface area contributed by atoms with Gasteiger partial charge in [0.25, 0.3) is 5.91 Å². The van der Waals surface area contributed by atoms with Gasteiger partial charge in [-0.2, -0.15) is 0 Å². The molecule has 0 aromatic heterocycles. The largest absolute Gasteiger partial charge is 0.482 e. The van der Waals surface area contributed by atoms with E-state index in [0.29, 0.717) is 5.92 Å². The molecule has 0 atom stereocenters. The van der Waals surface area contributed by atoms with Gasteiger partial charge < -0.3 is 20.3 Å². The van der Waals surface area contributed by atoms with Crippen molar-refractivity contribution in [2.24, 2.45) is 5.92 Å². The van der Waals surface area contributed by atoms with E-state index < -0.39 is 0 Å². The molecule has 1 amide bonds. The Labute approximate surface area is 106 Å². The summed E-state index contributed by atoms with van der Waals surface area (Å²) in [4.78, 5) is 13.8. The number of fused-ring (bicyclic) bond motifs is 1. The third-order valence-electron chi connectivity index (χ3n) is 3.50. The molecule has 0 spiro atoms. The van der Waals surface area contributed by atoms with Crippen molar-refractivity contribution in [3.8, 4) is 5.75 Å². The number of carbonyl (C=O) groups is 1. The molecule has 0 unspecified atom stereocenters. The zero-order valence-electron chi connectivity index (χ0n) is 10.4. The van der Waals surface area contributed by atoms with Gasteiger partial charge in [0.15, 0.2) is 6.61 Å². The van der Waals surface area contributed by atoms with Gasteiger partial charge in [0.2, 0.25) is 0 Å². The van der Waals surface area contributed by atoms with Crippen molar-refractivity contribution in [3.63, 3.8) is 0 Å². The highest BCUT2D eigenvalue weighted by Crippen LogP contribution is 2.35. The second-order valence-corrected chi connectivity index (χ2v) is 4.75. The van der Waals surface area contributed by atoms with Crippen LogP contribution < -0.4 is 20.3 Å². The van der Waals surface area contributed by atoms with Crippen LogP contribution in [0.3, 0.4) is 0 Å². The van der Waals surface area contributed by atoms with Crippen LogP contribution in [-0.2, 0) is 4.79 Å². The summed E-state index contributed by atoms with van der Waals surface area (Å²) in [6.45, 7) is 2.90. The Kier molecular flexibility index (Phi) is 2.83. The van der Waals surface area contributed by atoms with Gasteiger partial charge >= 0.3 is 0 Å². The first kappa shape index (κ1) is 11.3. The lowest BCUT2D eigenvalue weighted by molar-refractivity contribution is -0.121. The average molecular weight is 247 g/mol. The van der Waals surface area contributed by atoms with E-state index in [4.69, 9.17) is 4.74 Å². The number of nitrogens with zero attached hydrogens (tertiary/aromatic N) is 1. The van der Waals surface area contributed by atoms with E-state index >= 15 is 0 Å². The maximum atomic E-state index is 12.0. The van der Waals surface area contributed by atoms with Gasteiger partial charge in [0.05, 0.1) is 5.69 Å². The summed E-state index contributed by atoms with van der Waals surface area (Å²) in [5.41, 5.74) is 1.87. The van der Waals surface area contributed by atoms with Gasteiger partial charge in [-0.15, -0.1) is 0 Å². The van der Waals surface area contributed by atoms with Gasteiger partial charge in [0.1, 0.15) is 5.75 Å². The highest BCUT2D eigenvalue weighted by molar-refractivity contribution is 5.98. The number of carbonyl (C=O) groups excluding carboxylic acids is 1. The number of amides is 1. The van der Waals surface area contributed by atoms with Gasteiger partial charge in [-0.3, -0.25) is 4.79 Å². The molecule has 0 saturated carbocycles. The minimum atomic E-state index is 0.0441. The molecular formula is C13H17N3O2. The Morgan fingerprint density at radius 3 is 3.00 bits per heavy atom. The number of ether oxygens (including phenoxy) is 1. The second kappa shape index (κ2) is 4.49. The second-order valence-electron chi connectivity index (χ2n) is 4.75. The van der Waals surface area contributed by atoms with E-state index in [-0.39, 0.29) is 12.5 Å². The van der Waals surface area contributed by atoms with E-state index in [1.54, 1.807) is 0 Å². The molecular weight excluding hydrogens is 230 g/mol. The lowest BCUT2D eigenvalue weighted by Crippen LogP contribution is -2.51. The van der Waals surface area contributed by atoms with Crippen molar-refractivity contribution in [1.29, 1.82) is 0 Å². The topological polar surface area (TPSA) is 53.6 Å². The zero-order valence-corrected chi connectivity index (χ0v) is 10.4.